The van der Waals surface area contributed by atoms with Gasteiger partial charge in [0.2, 0.25) is 19.2 Å². The molecule has 1 aromatic rings. The van der Waals surface area contributed by atoms with Crippen LogP contribution in [0.1, 0.15) is 76.2 Å². The Morgan fingerprint density at radius 3 is 2.55 bits per heavy atom. The molecule has 0 spiro atoms. The molecule has 2 aliphatic heterocycles. The Bertz CT molecular complexity index is 1210. The zero-order chi connectivity index (χ0) is 29.9. The van der Waals surface area contributed by atoms with Crippen LogP contribution in [0.2, 0.25) is 0 Å². The number of ether oxygens (including phenoxy) is 2. The van der Waals surface area contributed by atoms with E-state index in [4.69, 9.17) is 9.47 Å². The number of amides is 3. The Hall–Kier alpha value is -2.56. The largest absolute Gasteiger partial charge is 0.446 e. The summed E-state index contributed by atoms with van der Waals surface area (Å²) < 4.78 is 54.0. The van der Waals surface area contributed by atoms with Gasteiger partial charge < -0.3 is 29.9 Å². The van der Waals surface area contributed by atoms with Crippen molar-refractivity contribution in [3.8, 4) is 0 Å². The minimum Gasteiger partial charge on any atom is -0.446 e. The first-order valence-corrected chi connectivity index (χ1v) is 16.9. The van der Waals surface area contributed by atoms with Crippen LogP contribution in [-0.4, -0.2) is 70.9 Å². The SMILES string of the molecule is O=C(N[C@H]1COCCCCC[C@@H]2C[C@@]2(P(=O)(O)Cc2c(F)cccc2F)NC(=O)[C@@H]2CCCN2C1=O)OC1CCCC1. The molecule has 0 bridgehead atoms. The number of alkyl carbamates (subject to hydrolysis) is 1. The second-order valence-corrected chi connectivity index (χ2v) is 14.5. The number of halogens is 2. The van der Waals surface area contributed by atoms with Crippen LogP contribution in [0.3, 0.4) is 0 Å². The average molecular weight is 612 g/mol. The van der Waals surface area contributed by atoms with E-state index in [9.17, 15) is 32.6 Å². The van der Waals surface area contributed by atoms with Crippen molar-refractivity contribution in [2.45, 2.75) is 100 Å². The quantitative estimate of drug-likeness (QED) is 0.425. The van der Waals surface area contributed by atoms with Crippen molar-refractivity contribution in [3.05, 3.63) is 35.4 Å². The fraction of sp³-hybridized carbons (Fsp3) is 0.690. The molecule has 4 fully saturated rings. The maximum absolute atomic E-state index is 14.5. The van der Waals surface area contributed by atoms with Crippen LogP contribution in [0.15, 0.2) is 18.2 Å². The van der Waals surface area contributed by atoms with Gasteiger partial charge in [-0.3, -0.25) is 14.2 Å². The molecule has 3 N–H and O–H groups in total. The molecule has 13 heteroatoms. The summed E-state index contributed by atoms with van der Waals surface area (Å²) in [6.45, 7) is 0.543. The van der Waals surface area contributed by atoms with Gasteiger partial charge in [0, 0.05) is 18.7 Å². The van der Waals surface area contributed by atoms with Crippen molar-refractivity contribution >= 4 is 25.3 Å². The minimum atomic E-state index is -4.36. The van der Waals surface area contributed by atoms with E-state index in [0.717, 1.165) is 44.2 Å². The normalized spacial score (nSPS) is 30.7. The summed E-state index contributed by atoms with van der Waals surface area (Å²) in [7, 11) is -4.36. The molecule has 2 aliphatic carbocycles. The average Bonchev–Trinajstić information content (AvgIpc) is 3.27. The van der Waals surface area contributed by atoms with Gasteiger partial charge in [0.15, 0.2) is 0 Å². The molecule has 2 heterocycles. The lowest BCUT2D eigenvalue weighted by atomic mass is 10.1. The number of fused-ring (bicyclic) bond motifs is 2. The Labute approximate surface area is 244 Å². The van der Waals surface area contributed by atoms with Crippen LogP contribution in [0.4, 0.5) is 13.6 Å². The maximum Gasteiger partial charge on any atom is 0.408 e. The molecule has 232 valence electrons. The van der Waals surface area contributed by atoms with Crippen molar-refractivity contribution in [1.29, 1.82) is 0 Å². The number of hydrogen-bond donors (Lipinski definition) is 3. The number of nitrogens with one attached hydrogen (secondary N) is 2. The molecule has 4 aliphatic rings. The van der Waals surface area contributed by atoms with Crippen LogP contribution in [-0.2, 0) is 29.8 Å². The van der Waals surface area contributed by atoms with Crippen molar-refractivity contribution in [1.82, 2.24) is 15.5 Å². The van der Waals surface area contributed by atoms with Crippen LogP contribution in [0.5, 0.6) is 0 Å². The summed E-state index contributed by atoms with van der Waals surface area (Å²) in [5.74, 6) is -3.26. The Morgan fingerprint density at radius 1 is 1.10 bits per heavy atom. The van der Waals surface area contributed by atoms with Gasteiger partial charge in [-0.15, -0.1) is 0 Å². The molecule has 5 atom stereocenters. The van der Waals surface area contributed by atoms with E-state index in [1.165, 1.54) is 11.0 Å². The topological polar surface area (TPSA) is 134 Å². The van der Waals surface area contributed by atoms with Crippen LogP contribution in [0, 0.1) is 17.6 Å². The number of nitrogens with zero attached hydrogens (tertiary/aromatic N) is 1. The Kier molecular flexibility index (Phi) is 9.54. The number of benzene rings is 1. The molecule has 3 amide bonds. The smallest absolute Gasteiger partial charge is 0.408 e. The van der Waals surface area contributed by atoms with Gasteiger partial charge in [-0.1, -0.05) is 18.9 Å². The standard InChI is InChI=1S/C29H40F2N3O7P/c30-22-11-6-12-23(31)21(22)18-42(38,39)29-16-19(29)8-2-1-5-15-40-17-24(32-28(37)41-20-9-3-4-10-20)27(36)34-14-7-13-25(34)26(35)33-29/h6,11-12,19-20,24-25H,1-5,7-10,13-18H2,(H,32,37)(H,33,35)(H,38,39)/t19-,24+,25+,29+/m1/s1. The lowest BCUT2D eigenvalue weighted by Gasteiger charge is -2.31. The molecule has 10 nitrogen and oxygen atoms in total. The first-order chi connectivity index (χ1) is 20.1. The first-order valence-electron chi connectivity index (χ1n) is 15.0. The predicted molar refractivity (Wildman–Crippen MR) is 149 cm³/mol. The van der Waals surface area contributed by atoms with Gasteiger partial charge in [0.1, 0.15) is 35.1 Å². The molecule has 0 aromatic heterocycles. The predicted octanol–water partition coefficient (Wildman–Crippen LogP) is 4.19. The van der Waals surface area contributed by atoms with Crippen molar-refractivity contribution in [2.24, 2.45) is 5.92 Å². The fourth-order valence-corrected chi connectivity index (χ4v) is 9.15. The summed E-state index contributed by atoms with van der Waals surface area (Å²) in [5, 5.41) is 3.90. The van der Waals surface area contributed by atoms with Crippen molar-refractivity contribution in [3.63, 3.8) is 0 Å². The zero-order valence-electron chi connectivity index (χ0n) is 23.7. The van der Waals surface area contributed by atoms with E-state index in [1.807, 2.05) is 0 Å². The highest BCUT2D eigenvalue weighted by atomic mass is 31.2. The molecular formula is C29H40F2N3O7P. The van der Waals surface area contributed by atoms with E-state index >= 15 is 0 Å². The van der Waals surface area contributed by atoms with Gasteiger partial charge in [-0.25, -0.2) is 13.6 Å². The first kappa shape index (κ1) is 30.9. The number of rotatable bonds is 5. The van der Waals surface area contributed by atoms with Crippen molar-refractivity contribution < 1.29 is 42.1 Å². The summed E-state index contributed by atoms with van der Waals surface area (Å²) in [4.78, 5) is 52.7. The van der Waals surface area contributed by atoms with E-state index in [2.05, 4.69) is 10.6 Å². The lowest BCUT2D eigenvalue weighted by Crippen LogP contribution is -2.56. The Morgan fingerprint density at radius 2 is 1.81 bits per heavy atom. The van der Waals surface area contributed by atoms with Gasteiger partial charge in [-0.2, -0.15) is 0 Å². The zero-order valence-corrected chi connectivity index (χ0v) is 24.6. The second-order valence-electron chi connectivity index (χ2n) is 12.0. The van der Waals surface area contributed by atoms with E-state index in [0.29, 0.717) is 38.7 Å². The molecule has 0 radical (unpaired) electrons. The third-order valence-corrected chi connectivity index (χ3v) is 11.8. The molecule has 5 rings (SSSR count). The Balaban J connectivity index is 1.35. The highest BCUT2D eigenvalue weighted by Crippen LogP contribution is 2.71. The summed E-state index contributed by atoms with van der Waals surface area (Å²) >= 11 is 0. The van der Waals surface area contributed by atoms with Crippen LogP contribution >= 0.6 is 7.37 Å². The lowest BCUT2D eigenvalue weighted by molar-refractivity contribution is -0.141. The molecule has 2 saturated heterocycles. The van der Waals surface area contributed by atoms with Crippen LogP contribution < -0.4 is 10.6 Å². The highest BCUT2D eigenvalue weighted by Gasteiger charge is 2.66. The highest BCUT2D eigenvalue weighted by molar-refractivity contribution is 7.59. The van der Waals surface area contributed by atoms with Gasteiger partial charge in [0.25, 0.3) is 0 Å². The van der Waals surface area contributed by atoms with Crippen LogP contribution in [0.25, 0.3) is 0 Å². The van der Waals surface area contributed by atoms with Gasteiger partial charge >= 0.3 is 6.09 Å². The molecule has 2 saturated carbocycles. The molecular weight excluding hydrogens is 571 g/mol. The third kappa shape index (κ3) is 6.65. The van der Waals surface area contributed by atoms with Gasteiger partial charge in [0.05, 0.1) is 12.8 Å². The maximum atomic E-state index is 14.5. The molecule has 1 aromatic carbocycles. The van der Waals surface area contributed by atoms with Gasteiger partial charge in [-0.05, 0) is 75.8 Å². The summed E-state index contributed by atoms with van der Waals surface area (Å²) in [6.07, 6.45) is 5.58. The molecule has 1 unspecified atom stereocenters. The van der Waals surface area contributed by atoms with E-state index in [-0.39, 0.29) is 31.6 Å². The second kappa shape index (κ2) is 13.0. The van der Waals surface area contributed by atoms with Crippen molar-refractivity contribution in [2.75, 3.05) is 19.8 Å². The number of hydrogen-bond acceptors (Lipinski definition) is 6. The number of carbonyl (C=O) groups is 3. The summed E-state index contributed by atoms with van der Waals surface area (Å²) in [5.41, 5.74) is -0.485. The fourth-order valence-electron chi connectivity index (χ4n) is 6.65. The minimum absolute atomic E-state index is 0.0734. The van der Waals surface area contributed by atoms with E-state index < -0.39 is 66.0 Å². The third-order valence-electron chi connectivity index (χ3n) is 9.10. The summed E-state index contributed by atoms with van der Waals surface area (Å²) in [6, 6.07) is 1.27. The monoisotopic (exact) mass is 611 g/mol. The van der Waals surface area contributed by atoms with E-state index in [1.54, 1.807) is 0 Å². The molecule has 42 heavy (non-hydrogen) atoms. The number of carbonyl (C=O) groups excluding carboxylic acids is 3.